The summed E-state index contributed by atoms with van der Waals surface area (Å²) in [6.07, 6.45) is -16.5. The van der Waals surface area contributed by atoms with Crippen LogP contribution in [0.1, 0.15) is 0 Å². The lowest BCUT2D eigenvalue weighted by atomic mass is 9.98. The van der Waals surface area contributed by atoms with E-state index in [0.717, 1.165) is 0 Å². The molecule has 2 fully saturated rings. The molecule has 0 aliphatic carbocycles. The van der Waals surface area contributed by atoms with Crippen LogP contribution in [0.2, 0.25) is 0 Å². The van der Waals surface area contributed by atoms with Gasteiger partial charge in [-0.05, 0) is 18.2 Å². The Kier molecular flexibility index (Phi) is 9.47. The summed E-state index contributed by atoms with van der Waals surface area (Å²) in [6.45, 7) is -1.28. The molecule has 2 aliphatic rings. The van der Waals surface area contributed by atoms with Gasteiger partial charge in [-0.15, -0.1) is 0 Å². The Hall–Kier alpha value is -3.29. The van der Waals surface area contributed by atoms with Gasteiger partial charge in [-0.2, -0.15) is 0 Å². The maximum absolute atomic E-state index is 13.8. The zero-order valence-electron chi connectivity index (χ0n) is 23.8. The number of ether oxygens (including phenoxy) is 7. The summed E-state index contributed by atoms with van der Waals surface area (Å²) >= 11 is 0. The molecule has 0 saturated carbocycles. The van der Waals surface area contributed by atoms with E-state index in [9.17, 15) is 40.5 Å². The van der Waals surface area contributed by atoms with Gasteiger partial charge < -0.3 is 73.3 Å². The van der Waals surface area contributed by atoms with Crippen molar-refractivity contribution in [1.82, 2.24) is 0 Å². The van der Waals surface area contributed by atoms with E-state index >= 15 is 0 Å². The highest BCUT2D eigenvalue weighted by atomic mass is 16.7. The average Bonchev–Trinajstić information content (AvgIpc) is 3.03. The van der Waals surface area contributed by atoms with Crippen molar-refractivity contribution in [1.29, 1.82) is 0 Å². The summed E-state index contributed by atoms with van der Waals surface area (Å²) < 4.78 is 44.6. The van der Waals surface area contributed by atoms with Gasteiger partial charge in [0.05, 0.1) is 39.9 Å². The third kappa shape index (κ3) is 5.65. The fourth-order valence-corrected chi connectivity index (χ4v) is 5.17. The number of methoxy groups -OCH3 is 3. The molecular formula is C28H34O16. The molecule has 0 radical (unpaired) electrons. The number of hydrogen-bond donors (Lipinski definition) is 7. The third-order valence-corrected chi connectivity index (χ3v) is 7.64. The van der Waals surface area contributed by atoms with Crippen LogP contribution in [0.25, 0.3) is 21.9 Å². The first-order valence-electron chi connectivity index (χ1n) is 13.5. The lowest BCUT2D eigenvalue weighted by Gasteiger charge is -2.42. The Labute approximate surface area is 249 Å². The molecule has 10 unspecified atom stereocenters. The quantitative estimate of drug-likeness (QED) is 0.127. The van der Waals surface area contributed by atoms with Crippen LogP contribution >= 0.6 is 0 Å². The molecule has 5 rings (SSSR count). The third-order valence-electron chi connectivity index (χ3n) is 7.64. The van der Waals surface area contributed by atoms with Gasteiger partial charge in [0.2, 0.25) is 17.5 Å². The van der Waals surface area contributed by atoms with E-state index in [1.807, 2.05) is 0 Å². The summed E-state index contributed by atoms with van der Waals surface area (Å²) in [5, 5.41) is 71.8. The molecular weight excluding hydrogens is 592 g/mol. The summed E-state index contributed by atoms with van der Waals surface area (Å²) in [7, 11) is 4.07. The van der Waals surface area contributed by atoms with Gasteiger partial charge in [-0.25, -0.2) is 0 Å². The van der Waals surface area contributed by atoms with E-state index < -0.39 is 80.1 Å². The van der Waals surface area contributed by atoms with Crippen LogP contribution in [-0.4, -0.2) is 132 Å². The molecule has 2 aromatic carbocycles. The lowest BCUT2D eigenvalue weighted by Crippen LogP contribution is -2.62. The molecule has 16 heteroatoms. The zero-order chi connectivity index (χ0) is 31.9. The highest BCUT2D eigenvalue weighted by molar-refractivity contribution is 5.96. The molecule has 0 spiro atoms. The van der Waals surface area contributed by atoms with Crippen molar-refractivity contribution >= 4 is 21.9 Å². The number of aliphatic hydroxyl groups excluding tert-OH is 7. The molecule has 2 aliphatic heterocycles. The second kappa shape index (κ2) is 13.0. The Morgan fingerprint density at radius 3 is 2.02 bits per heavy atom. The highest BCUT2D eigenvalue weighted by Crippen LogP contribution is 2.44. The first-order valence-corrected chi connectivity index (χ1v) is 13.5. The average molecular weight is 627 g/mol. The van der Waals surface area contributed by atoms with E-state index in [1.165, 1.54) is 33.5 Å². The Morgan fingerprint density at radius 1 is 0.727 bits per heavy atom. The summed E-state index contributed by atoms with van der Waals surface area (Å²) in [4.78, 5) is 13.8. The van der Waals surface area contributed by atoms with E-state index in [-0.39, 0.29) is 39.2 Å². The minimum Gasteiger partial charge on any atom is -0.497 e. The van der Waals surface area contributed by atoms with Crippen molar-refractivity contribution in [2.24, 2.45) is 0 Å². The van der Waals surface area contributed by atoms with Gasteiger partial charge in [0.15, 0.2) is 17.8 Å². The van der Waals surface area contributed by atoms with Crippen molar-refractivity contribution in [3.8, 4) is 23.0 Å². The van der Waals surface area contributed by atoms with Crippen molar-refractivity contribution in [3.05, 3.63) is 34.5 Å². The molecule has 242 valence electrons. The smallest absolute Gasteiger partial charge is 0.229 e. The Morgan fingerprint density at radius 2 is 1.39 bits per heavy atom. The molecule has 10 atom stereocenters. The summed E-state index contributed by atoms with van der Waals surface area (Å²) in [5.74, 6) is 0.151. The van der Waals surface area contributed by atoms with E-state index in [2.05, 4.69) is 0 Å². The molecule has 3 heterocycles. The van der Waals surface area contributed by atoms with Gasteiger partial charge in [0.25, 0.3) is 0 Å². The van der Waals surface area contributed by atoms with Crippen molar-refractivity contribution < 1.29 is 73.3 Å². The number of fused-ring (bicyclic) bond motifs is 2. The van der Waals surface area contributed by atoms with Crippen LogP contribution in [0, 0.1) is 0 Å². The second-order valence-corrected chi connectivity index (χ2v) is 10.3. The minimum absolute atomic E-state index is 0.0358. The molecule has 44 heavy (non-hydrogen) atoms. The zero-order valence-corrected chi connectivity index (χ0v) is 23.8. The number of hydrogen-bond acceptors (Lipinski definition) is 16. The van der Waals surface area contributed by atoms with Crippen LogP contribution in [0.15, 0.2) is 33.5 Å². The molecule has 0 amide bonds. The second-order valence-electron chi connectivity index (χ2n) is 10.3. The Bertz CT molecular complexity index is 1520. The van der Waals surface area contributed by atoms with Gasteiger partial charge in [0.1, 0.15) is 71.1 Å². The van der Waals surface area contributed by atoms with E-state index in [0.29, 0.717) is 5.75 Å². The Balaban J connectivity index is 1.48. The molecule has 3 aromatic rings. The van der Waals surface area contributed by atoms with Crippen LogP contribution in [-0.2, 0) is 14.2 Å². The fourth-order valence-electron chi connectivity index (χ4n) is 5.17. The van der Waals surface area contributed by atoms with Gasteiger partial charge in [0, 0.05) is 6.07 Å². The van der Waals surface area contributed by atoms with Crippen molar-refractivity contribution in [2.75, 3.05) is 34.5 Å². The summed E-state index contributed by atoms with van der Waals surface area (Å²) in [6, 6.07) is 6.05. The monoisotopic (exact) mass is 626 g/mol. The predicted octanol–water partition coefficient (Wildman–Crippen LogP) is -2.03. The van der Waals surface area contributed by atoms with E-state index in [1.54, 1.807) is 12.1 Å². The van der Waals surface area contributed by atoms with Crippen LogP contribution in [0.5, 0.6) is 23.0 Å². The maximum atomic E-state index is 13.8. The van der Waals surface area contributed by atoms with E-state index in [4.69, 9.17) is 37.6 Å². The van der Waals surface area contributed by atoms with Crippen LogP contribution in [0.4, 0.5) is 0 Å². The van der Waals surface area contributed by atoms with Gasteiger partial charge in [-0.3, -0.25) is 4.79 Å². The SMILES string of the molecule is COc1ccc2oc3cc(OC)c(OC)c(OC4OC(COC5OC(CO)C(O)C(O)C5O)C(O)C(O)C4O)c3c(=O)c2c1. The number of aliphatic hydroxyl groups is 7. The molecule has 7 N–H and O–H groups in total. The minimum atomic E-state index is -1.85. The molecule has 2 saturated heterocycles. The van der Waals surface area contributed by atoms with Gasteiger partial charge >= 0.3 is 0 Å². The molecule has 16 nitrogen and oxygen atoms in total. The first-order chi connectivity index (χ1) is 21.0. The molecule has 0 bridgehead atoms. The fraction of sp³-hybridized carbons (Fsp3) is 0.536. The normalized spacial score (nSPS) is 32.5. The summed E-state index contributed by atoms with van der Waals surface area (Å²) in [5.41, 5.74) is -0.280. The first kappa shape index (κ1) is 32.1. The standard InChI is InChI=1S/C28H34O16/c1-37-10-4-5-12-11(6-10)18(30)17-13(41-12)7-14(38-2)25(39-3)26(17)44-28-24(36)22(34)20(32)16(43-28)9-40-27-23(35)21(33)19(31)15(8-29)42-27/h4-7,15-16,19-24,27-29,31-36H,8-9H2,1-3H3. The van der Waals surface area contributed by atoms with Crippen molar-refractivity contribution in [3.63, 3.8) is 0 Å². The van der Waals surface area contributed by atoms with Crippen LogP contribution in [0.3, 0.4) is 0 Å². The highest BCUT2D eigenvalue weighted by Gasteiger charge is 2.48. The van der Waals surface area contributed by atoms with Gasteiger partial charge in [-0.1, -0.05) is 0 Å². The molecule has 1 aromatic heterocycles. The number of rotatable bonds is 9. The topological polar surface area (TPSA) is 236 Å². The predicted molar refractivity (Wildman–Crippen MR) is 147 cm³/mol. The lowest BCUT2D eigenvalue weighted by molar-refractivity contribution is -0.323. The van der Waals surface area contributed by atoms with Crippen molar-refractivity contribution in [2.45, 2.75) is 61.4 Å². The largest absolute Gasteiger partial charge is 0.497 e. The number of benzene rings is 2. The van der Waals surface area contributed by atoms with Crippen LogP contribution < -0.4 is 24.4 Å². The maximum Gasteiger partial charge on any atom is 0.229 e.